The van der Waals surface area contributed by atoms with E-state index in [0.29, 0.717) is 5.69 Å². The van der Waals surface area contributed by atoms with E-state index in [1.54, 1.807) is 24.3 Å². The van der Waals surface area contributed by atoms with E-state index >= 15 is 0 Å². The van der Waals surface area contributed by atoms with Crippen molar-refractivity contribution in [2.75, 3.05) is 0 Å². The summed E-state index contributed by atoms with van der Waals surface area (Å²) in [6, 6.07) is 11.9. The predicted molar refractivity (Wildman–Crippen MR) is 93.2 cm³/mol. The third-order valence-corrected chi connectivity index (χ3v) is 3.94. The molecule has 0 bridgehead atoms. The van der Waals surface area contributed by atoms with Gasteiger partial charge in [0.1, 0.15) is 5.69 Å². The fourth-order valence-electron chi connectivity index (χ4n) is 2.59. The summed E-state index contributed by atoms with van der Waals surface area (Å²) >= 11 is 0. The van der Waals surface area contributed by atoms with Crippen molar-refractivity contribution in [3.05, 3.63) is 66.1 Å². The van der Waals surface area contributed by atoms with Crippen molar-refractivity contribution >= 4 is 0 Å². The van der Waals surface area contributed by atoms with E-state index in [1.807, 2.05) is 19.1 Å². The van der Waals surface area contributed by atoms with Gasteiger partial charge < -0.3 is 0 Å². The highest BCUT2D eigenvalue weighted by Gasteiger charge is 2.38. The molecule has 0 aliphatic carbocycles. The van der Waals surface area contributed by atoms with Gasteiger partial charge in [0.05, 0.1) is 11.3 Å². The minimum absolute atomic E-state index is 0.108. The molecule has 0 aliphatic rings. The van der Waals surface area contributed by atoms with Gasteiger partial charge in [-0.3, -0.25) is 4.98 Å². The van der Waals surface area contributed by atoms with Gasteiger partial charge in [0, 0.05) is 12.4 Å². The Kier molecular flexibility index (Phi) is 4.30. The Balaban J connectivity index is 1.87. The molecule has 0 atom stereocenters. The van der Waals surface area contributed by atoms with Crippen molar-refractivity contribution in [3.8, 4) is 28.6 Å². The number of nitrogens with zero attached hydrogens (tertiary/aromatic N) is 7. The fraction of sp³-hybridized carbons (Fsp3) is 0.111. The third-order valence-electron chi connectivity index (χ3n) is 3.94. The first kappa shape index (κ1) is 17.7. The zero-order valence-corrected chi connectivity index (χ0v) is 14.5. The monoisotopic (exact) mass is 383 g/mol. The first-order chi connectivity index (χ1) is 13.4. The van der Waals surface area contributed by atoms with Crippen LogP contribution >= 0.6 is 0 Å². The van der Waals surface area contributed by atoms with E-state index in [9.17, 15) is 13.2 Å². The normalized spacial score (nSPS) is 11.6. The molecule has 0 saturated heterocycles. The molecule has 0 unspecified atom stereocenters. The first-order valence-electron chi connectivity index (χ1n) is 8.15. The molecule has 0 radical (unpaired) electrons. The summed E-state index contributed by atoms with van der Waals surface area (Å²) in [5.74, 6) is -0.241. The van der Waals surface area contributed by atoms with E-state index in [4.69, 9.17) is 0 Å². The lowest BCUT2D eigenvalue weighted by Crippen LogP contribution is -2.14. The summed E-state index contributed by atoms with van der Waals surface area (Å²) in [7, 11) is 0. The molecule has 0 saturated carbocycles. The molecule has 28 heavy (non-hydrogen) atoms. The molecule has 4 aromatic rings. The second-order valence-corrected chi connectivity index (χ2v) is 5.92. The molecule has 0 N–H and O–H groups in total. The molecule has 1 aromatic carbocycles. The summed E-state index contributed by atoms with van der Waals surface area (Å²) in [5, 5.41) is 11.1. The van der Waals surface area contributed by atoms with Gasteiger partial charge in [-0.15, -0.1) is 5.10 Å². The van der Waals surface area contributed by atoms with Crippen LogP contribution in [0.25, 0.3) is 28.6 Å². The van der Waals surface area contributed by atoms with Gasteiger partial charge >= 0.3 is 6.18 Å². The fourth-order valence-corrected chi connectivity index (χ4v) is 2.59. The van der Waals surface area contributed by atoms with Crippen LogP contribution in [-0.4, -0.2) is 35.2 Å². The molecule has 0 fully saturated rings. The van der Waals surface area contributed by atoms with Gasteiger partial charge in [0.15, 0.2) is 17.3 Å². The van der Waals surface area contributed by atoms with Crippen molar-refractivity contribution in [1.29, 1.82) is 0 Å². The average molecular weight is 383 g/mol. The van der Waals surface area contributed by atoms with Gasteiger partial charge in [-0.2, -0.15) is 17.9 Å². The lowest BCUT2D eigenvalue weighted by atomic mass is 10.2. The zero-order valence-electron chi connectivity index (χ0n) is 14.5. The highest BCUT2D eigenvalue weighted by atomic mass is 19.4. The number of halogens is 3. The summed E-state index contributed by atoms with van der Waals surface area (Å²) in [5.41, 5.74) is 0.298. The summed E-state index contributed by atoms with van der Waals surface area (Å²) in [4.78, 5) is 11.8. The SMILES string of the molecule is Cc1ccc(-n2nnnc2-c2cnc(-c3ccccn3)nc2C(F)(F)F)cc1. The molecular formula is C18H12F3N7. The van der Waals surface area contributed by atoms with Crippen molar-refractivity contribution < 1.29 is 13.2 Å². The van der Waals surface area contributed by atoms with Crippen LogP contribution in [-0.2, 0) is 6.18 Å². The number of aryl methyl sites for hydroxylation is 1. The molecule has 10 heteroatoms. The van der Waals surface area contributed by atoms with E-state index < -0.39 is 11.9 Å². The van der Waals surface area contributed by atoms with Crippen molar-refractivity contribution in [2.24, 2.45) is 0 Å². The Labute approximate surface area is 156 Å². The minimum Gasteiger partial charge on any atom is -0.253 e. The topological polar surface area (TPSA) is 82.3 Å². The Morgan fingerprint density at radius 3 is 2.43 bits per heavy atom. The smallest absolute Gasteiger partial charge is 0.253 e. The van der Waals surface area contributed by atoms with Crippen LogP contribution in [0.4, 0.5) is 13.2 Å². The van der Waals surface area contributed by atoms with Gasteiger partial charge in [-0.05, 0) is 41.6 Å². The number of tetrazole rings is 1. The van der Waals surface area contributed by atoms with Crippen LogP contribution < -0.4 is 0 Å². The summed E-state index contributed by atoms with van der Waals surface area (Å²) in [6.45, 7) is 1.90. The lowest BCUT2D eigenvalue weighted by Gasteiger charge is -2.12. The second-order valence-electron chi connectivity index (χ2n) is 5.92. The van der Waals surface area contributed by atoms with Crippen LogP contribution in [0, 0.1) is 6.92 Å². The molecule has 4 rings (SSSR count). The Morgan fingerprint density at radius 2 is 1.75 bits per heavy atom. The highest BCUT2D eigenvalue weighted by molar-refractivity contribution is 5.62. The van der Waals surface area contributed by atoms with Crippen molar-refractivity contribution in [2.45, 2.75) is 13.1 Å². The van der Waals surface area contributed by atoms with Crippen molar-refractivity contribution in [1.82, 2.24) is 35.2 Å². The Bertz CT molecular complexity index is 1110. The molecule has 140 valence electrons. The quantitative estimate of drug-likeness (QED) is 0.538. The number of aromatic nitrogens is 7. The van der Waals surface area contributed by atoms with E-state index in [-0.39, 0.29) is 22.9 Å². The van der Waals surface area contributed by atoms with Gasteiger partial charge in [0.2, 0.25) is 0 Å². The van der Waals surface area contributed by atoms with Gasteiger partial charge in [-0.1, -0.05) is 23.8 Å². The standard InChI is InChI=1S/C18H12F3N7/c1-11-5-7-12(8-6-11)28-17(25-26-27-28)13-10-23-16(14-4-2-3-9-22-14)24-15(13)18(19,20)21/h2-10H,1H3. The summed E-state index contributed by atoms with van der Waals surface area (Å²) < 4.78 is 42.4. The number of pyridine rings is 1. The molecule has 0 aliphatic heterocycles. The maximum atomic E-state index is 13.7. The maximum Gasteiger partial charge on any atom is 0.434 e. The van der Waals surface area contributed by atoms with Crippen molar-refractivity contribution in [3.63, 3.8) is 0 Å². The molecule has 3 aromatic heterocycles. The van der Waals surface area contributed by atoms with Crippen LogP contribution in [0.2, 0.25) is 0 Å². The summed E-state index contributed by atoms with van der Waals surface area (Å²) in [6.07, 6.45) is -2.21. The van der Waals surface area contributed by atoms with E-state index in [1.165, 1.54) is 16.9 Å². The number of benzene rings is 1. The first-order valence-corrected chi connectivity index (χ1v) is 8.15. The minimum atomic E-state index is -4.73. The van der Waals surface area contributed by atoms with Gasteiger partial charge in [0.25, 0.3) is 0 Å². The van der Waals surface area contributed by atoms with E-state index in [2.05, 4.69) is 30.5 Å². The molecular weight excluding hydrogens is 371 g/mol. The number of rotatable bonds is 3. The number of hydrogen-bond donors (Lipinski definition) is 0. The molecule has 3 heterocycles. The number of hydrogen-bond acceptors (Lipinski definition) is 6. The Morgan fingerprint density at radius 1 is 0.964 bits per heavy atom. The maximum absolute atomic E-state index is 13.7. The highest BCUT2D eigenvalue weighted by Crippen LogP contribution is 2.35. The van der Waals surface area contributed by atoms with Gasteiger partial charge in [-0.25, -0.2) is 9.97 Å². The Hall–Kier alpha value is -3.69. The lowest BCUT2D eigenvalue weighted by molar-refractivity contribution is -0.140. The molecule has 7 nitrogen and oxygen atoms in total. The zero-order chi connectivity index (χ0) is 19.7. The van der Waals surface area contributed by atoms with E-state index in [0.717, 1.165) is 11.8 Å². The van der Waals surface area contributed by atoms with Crippen LogP contribution in [0.15, 0.2) is 54.9 Å². The van der Waals surface area contributed by atoms with Crippen LogP contribution in [0.1, 0.15) is 11.3 Å². The third kappa shape index (κ3) is 3.31. The molecule has 0 amide bonds. The predicted octanol–water partition coefficient (Wildman–Crippen LogP) is 3.51. The average Bonchev–Trinajstić information content (AvgIpc) is 3.18. The van der Waals surface area contributed by atoms with Crippen LogP contribution in [0.3, 0.4) is 0 Å². The second kappa shape index (κ2) is 6.80. The largest absolute Gasteiger partial charge is 0.434 e. The van der Waals surface area contributed by atoms with Crippen LogP contribution in [0.5, 0.6) is 0 Å². The number of alkyl halides is 3. The molecule has 0 spiro atoms.